The number of nitrogens with zero attached hydrogens (tertiary/aromatic N) is 1. The van der Waals surface area contributed by atoms with Gasteiger partial charge in [0.15, 0.2) is 0 Å². The molecule has 0 spiro atoms. The van der Waals surface area contributed by atoms with E-state index in [0.717, 1.165) is 39.8 Å². The fourth-order valence-electron chi connectivity index (χ4n) is 4.39. The molecule has 6 nitrogen and oxygen atoms in total. The second kappa shape index (κ2) is 8.19. The van der Waals surface area contributed by atoms with Gasteiger partial charge in [-0.2, -0.15) is 0 Å². The van der Waals surface area contributed by atoms with Crippen LogP contribution in [0, 0.1) is 27.7 Å². The van der Waals surface area contributed by atoms with Crippen molar-refractivity contribution in [3.05, 3.63) is 58.1 Å². The van der Waals surface area contributed by atoms with E-state index in [1.54, 1.807) is 0 Å². The van der Waals surface area contributed by atoms with Crippen LogP contribution in [-0.4, -0.2) is 32.7 Å². The van der Waals surface area contributed by atoms with Gasteiger partial charge >= 0.3 is 0 Å². The van der Waals surface area contributed by atoms with Gasteiger partial charge in [-0.05, 0) is 64.3 Å². The number of aryl methyl sites for hydroxylation is 4. The molecule has 0 radical (unpaired) electrons. The monoisotopic (exact) mass is 444 g/mol. The fourth-order valence-corrected chi connectivity index (χ4v) is 5.36. The average molecular weight is 445 g/mol. The molecular weight excluding hydrogens is 412 g/mol. The van der Waals surface area contributed by atoms with Gasteiger partial charge < -0.3 is 10.1 Å². The summed E-state index contributed by atoms with van der Waals surface area (Å²) < 4.78 is 32.5. The molecular formula is C24H32N2O4S. The van der Waals surface area contributed by atoms with Gasteiger partial charge in [-0.1, -0.05) is 29.8 Å². The van der Waals surface area contributed by atoms with Crippen LogP contribution in [0.15, 0.2) is 30.3 Å². The van der Waals surface area contributed by atoms with Gasteiger partial charge in [0.2, 0.25) is 15.9 Å². The molecule has 1 N–H and O–H groups in total. The van der Waals surface area contributed by atoms with Gasteiger partial charge in [0.25, 0.3) is 0 Å². The average Bonchev–Trinajstić information content (AvgIpc) is 2.57. The lowest BCUT2D eigenvalue weighted by molar-refractivity contribution is -0.120. The number of carbonyl (C=O) groups excluding carboxylic acids is 1. The first-order valence-corrected chi connectivity index (χ1v) is 12.3. The molecule has 0 saturated heterocycles. The Kier molecular flexibility index (Phi) is 6.11. The Morgan fingerprint density at radius 1 is 1.10 bits per heavy atom. The smallest absolute Gasteiger partial charge is 0.241 e. The number of hydrogen-bond acceptors (Lipinski definition) is 4. The minimum Gasteiger partial charge on any atom is -0.487 e. The highest BCUT2D eigenvalue weighted by Gasteiger charge is 2.35. The maximum atomic E-state index is 13.1. The molecule has 2 aromatic rings. The number of hydrogen-bond donors (Lipinski definition) is 1. The van der Waals surface area contributed by atoms with Crippen molar-refractivity contribution in [2.75, 3.05) is 17.1 Å². The van der Waals surface area contributed by atoms with Crippen LogP contribution in [0.1, 0.15) is 54.1 Å². The molecule has 1 aliphatic rings. The molecule has 3 rings (SSSR count). The maximum Gasteiger partial charge on any atom is 0.241 e. The topological polar surface area (TPSA) is 75.7 Å². The van der Waals surface area contributed by atoms with Crippen LogP contribution < -0.4 is 14.4 Å². The molecule has 0 aromatic heterocycles. The number of amides is 1. The third-order valence-electron chi connectivity index (χ3n) is 5.53. The van der Waals surface area contributed by atoms with Gasteiger partial charge in [-0.15, -0.1) is 0 Å². The third-order valence-corrected chi connectivity index (χ3v) is 6.65. The highest BCUT2D eigenvalue weighted by molar-refractivity contribution is 7.92. The lowest BCUT2D eigenvalue weighted by Crippen LogP contribution is -2.45. The second-order valence-corrected chi connectivity index (χ2v) is 11.2. The fraction of sp³-hybridized carbons (Fsp3) is 0.458. The zero-order chi connectivity index (χ0) is 23.1. The molecule has 1 aliphatic heterocycles. The Hall–Kier alpha value is -2.54. The van der Waals surface area contributed by atoms with Gasteiger partial charge in [-0.3, -0.25) is 9.10 Å². The standard InChI is InChI=1S/C24H32N2O4S/c1-15-8-9-19-20(13-24(5,6)30-21(19)12-15)25-22(27)14-26(31(7,28)29)23-17(3)10-16(2)11-18(23)4/h8-12,20H,13-14H2,1-7H3,(H,25,27)/t20-/m0/s1. The van der Waals surface area contributed by atoms with Crippen LogP contribution >= 0.6 is 0 Å². The molecule has 0 bridgehead atoms. The normalized spacial score (nSPS) is 17.5. The second-order valence-electron chi connectivity index (χ2n) is 9.24. The largest absolute Gasteiger partial charge is 0.487 e. The quantitative estimate of drug-likeness (QED) is 0.753. The molecule has 1 heterocycles. The molecule has 0 fully saturated rings. The summed E-state index contributed by atoms with van der Waals surface area (Å²) in [6.07, 6.45) is 1.73. The Balaban J connectivity index is 1.90. The third kappa shape index (κ3) is 5.21. The molecule has 0 saturated carbocycles. The number of sulfonamides is 1. The number of ether oxygens (including phenoxy) is 1. The van der Waals surface area contributed by atoms with Crippen LogP contribution in [0.25, 0.3) is 0 Å². The van der Waals surface area contributed by atoms with E-state index in [4.69, 9.17) is 4.74 Å². The zero-order valence-corrected chi connectivity index (χ0v) is 20.2. The van der Waals surface area contributed by atoms with Crippen molar-refractivity contribution in [2.45, 2.75) is 59.6 Å². The van der Waals surface area contributed by atoms with Gasteiger partial charge in [0.05, 0.1) is 18.0 Å². The highest BCUT2D eigenvalue weighted by Crippen LogP contribution is 2.40. The Morgan fingerprint density at radius 2 is 1.71 bits per heavy atom. The lowest BCUT2D eigenvalue weighted by atomic mass is 9.89. The van der Waals surface area contributed by atoms with Crippen LogP contribution in [0.3, 0.4) is 0 Å². The zero-order valence-electron chi connectivity index (χ0n) is 19.4. The number of rotatable bonds is 5. The van der Waals surface area contributed by atoms with Crippen molar-refractivity contribution in [3.8, 4) is 5.75 Å². The summed E-state index contributed by atoms with van der Waals surface area (Å²) in [7, 11) is -3.65. The van der Waals surface area contributed by atoms with E-state index < -0.39 is 15.6 Å². The van der Waals surface area contributed by atoms with E-state index in [2.05, 4.69) is 5.32 Å². The number of anilines is 1. The molecule has 168 valence electrons. The lowest BCUT2D eigenvalue weighted by Gasteiger charge is -2.38. The van der Waals surface area contributed by atoms with E-state index in [0.29, 0.717) is 12.1 Å². The van der Waals surface area contributed by atoms with E-state index in [1.165, 1.54) is 4.31 Å². The first-order valence-electron chi connectivity index (χ1n) is 10.4. The van der Waals surface area contributed by atoms with Crippen molar-refractivity contribution in [1.29, 1.82) is 0 Å². The first-order chi connectivity index (χ1) is 14.3. The number of fused-ring (bicyclic) bond motifs is 1. The van der Waals surface area contributed by atoms with Gasteiger partial charge in [-0.25, -0.2) is 8.42 Å². The summed E-state index contributed by atoms with van der Waals surface area (Å²) >= 11 is 0. The predicted octanol–water partition coefficient (Wildman–Crippen LogP) is 4.10. The summed E-state index contributed by atoms with van der Waals surface area (Å²) in [5, 5.41) is 3.05. The van der Waals surface area contributed by atoms with Crippen LogP contribution in [0.5, 0.6) is 5.75 Å². The minimum absolute atomic E-state index is 0.256. The van der Waals surface area contributed by atoms with E-state index >= 15 is 0 Å². The van der Waals surface area contributed by atoms with Crippen LogP contribution in [0.2, 0.25) is 0 Å². The van der Waals surface area contributed by atoms with E-state index in [9.17, 15) is 13.2 Å². The SMILES string of the molecule is Cc1cc(C)c(N(CC(=O)N[C@H]2CC(C)(C)Oc3cc(C)ccc32)S(C)(=O)=O)c(C)c1. The predicted molar refractivity (Wildman–Crippen MR) is 124 cm³/mol. The maximum absolute atomic E-state index is 13.1. The number of benzene rings is 2. The summed E-state index contributed by atoms with van der Waals surface area (Å²) in [4.78, 5) is 13.1. The van der Waals surface area contributed by atoms with E-state index in [-0.39, 0.29) is 18.5 Å². The first kappa shape index (κ1) is 23.1. The van der Waals surface area contributed by atoms with Gasteiger partial charge in [0.1, 0.15) is 17.9 Å². The Bertz CT molecular complexity index is 1100. The van der Waals surface area contributed by atoms with Crippen molar-refractivity contribution in [3.63, 3.8) is 0 Å². The van der Waals surface area contributed by atoms with Gasteiger partial charge in [0, 0.05) is 12.0 Å². The molecule has 2 aromatic carbocycles. The number of carbonyl (C=O) groups is 1. The molecule has 7 heteroatoms. The molecule has 0 unspecified atom stereocenters. The highest BCUT2D eigenvalue weighted by atomic mass is 32.2. The summed E-state index contributed by atoms with van der Waals surface area (Å²) in [5.41, 5.74) is 4.80. The Labute approximate surface area is 185 Å². The Morgan fingerprint density at radius 3 is 2.29 bits per heavy atom. The molecule has 1 atom stereocenters. The molecule has 31 heavy (non-hydrogen) atoms. The summed E-state index contributed by atoms with van der Waals surface area (Å²) in [5.74, 6) is 0.408. The van der Waals surface area contributed by atoms with Crippen molar-refractivity contribution < 1.29 is 17.9 Å². The van der Waals surface area contributed by atoms with Crippen molar-refractivity contribution in [1.82, 2.24) is 5.32 Å². The summed E-state index contributed by atoms with van der Waals surface area (Å²) in [6, 6.07) is 9.52. The minimum atomic E-state index is -3.65. The molecule has 1 amide bonds. The number of nitrogens with one attached hydrogen (secondary N) is 1. The van der Waals surface area contributed by atoms with Crippen molar-refractivity contribution >= 4 is 21.6 Å². The van der Waals surface area contributed by atoms with Crippen LogP contribution in [-0.2, 0) is 14.8 Å². The van der Waals surface area contributed by atoms with Crippen molar-refractivity contribution in [2.24, 2.45) is 0 Å². The molecule has 0 aliphatic carbocycles. The van der Waals surface area contributed by atoms with E-state index in [1.807, 2.05) is 71.9 Å². The summed E-state index contributed by atoms with van der Waals surface area (Å²) in [6.45, 7) is 11.4. The van der Waals surface area contributed by atoms with Crippen LogP contribution in [0.4, 0.5) is 5.69 Å².